The van der Waals surface area contributed by atoms with Crippen molar-refractivity contribution in [2.75, 3.05) is 12.9 Å². The van der Waals surface area contributed by atoms with E-state index in [1.807, 2.05) is 6.26 Å². The van der Waals surface area contributed by atoms with Crippen LogP contribution in [-0.2, 0) is 10.3 Å². The third-order valence-electron chi connectivity index (χ3n) is 5.99. The highest BCUT2D eigenvalue weighted by atomic mass is 32.2. The lowest BCUT2D eigenvalue weighted by Gasteiger charge is -2.41. The molecule has 0 aromatic heterocycles. The second-order valence-electron chi connectivity index (χ2n) is 7.81. The molecule has 138 valence electrons. The van der Waals surface area contributed by atoms with Crippen LogP contribution >= 0.6 is 11.8 Å². The summed E-state index contributed by atoms with van der Waals surface area (Å²) >= 11 is 1.60. The Hall–Kier alpha value is -1.32. The fourth-order valence-corrected chi connectivity index (χ4v) is 4.64. The lowest BCUT2D eigenvalue weighted by molar-refractivity contribution is -0.0836. The zero-order valence-electron chi connectivity index (χ0n) is 15.4. The Kier molecular flexibility index (Phi) is 5.37. The first-order valence-electron chi connectivity index (χ1n) is 9.72. The topological polar surface area (TPSA) is 9.23 Å². The molecule has 2 aliphatic rings. The number of benzene rings is 2. The lowest BCUT2D eigenvalue weighted by Crippen LogP contribution is -2.35. The molecule has 2 saturated carbocycles. The summed E-state index contributed by atoms with van der Waals surface area (Å²) in [6, 6.07) is 16.3. The lowest BCUT2D eigenvalue weighted by atomic mass is 9.73. The molecule has 0 radical (unpaired) electrons. The first kappa shape index (κ1) is 18.1. The summed E-state index contributed by atoms with van der Waals surface area (Å²) in [5.41, 5.74) is 2.14. The van der Waals surface area contributed by atoms with Crippen molar-refractivity contribution in [1.82, 2.24) is 0 Å². The van der Waals surface area contributed by atoms with E-state index in [1.54, 1.807) is 23.9 Å². The Bertz CT molecular complexity index is 733. The third kappa shape index (κ3) is 3.99. The molecule has 2 aromatic rings. The van der Waals surface area contributed by atoms with Crippen LogP contribution in [0.15, 0.2) is 53.4 Å². The standard InChI is InChI=1S/C23H27FOS/c1-26-22-14-20(13-21(24)15-22)23(25-16-17-7-8-17)11-9-19(10-12-23)18-5-3-2-4-6-18/h2-6,13-15,17,19H,7-12,16H2,1H3. The summed E-state index contributed by atoms with van der Waals surface area (Å²) in [5, 5.41) is 0. The molecule has 0 atom stereocenters. The SMILES string of the molecule is CSc1cc(F)cc(C2(OCC3CC3)CCC(c3ccccc3)CC2)c1. The average Bonchev–Trinajstić information content (AvgIpc) is 3.51. The minimum atomic E-state index is -0.319. The van der Waals surface area contributed by atoms with E-state index in [0.717, 1.165) is 42.7 Å². The van der Waals surface area contributed by atoms with Crippen LogP contribution in [-0.4, -0.2) is 12.9 Å². The van der Waals surface area contributed by atoms with Crippen molar-refractivity contribution in [3.63, 3.8) is 0 Å². The van der Waals surface area contributed by atoms with Crippen LogP contribution in [0.3, 0.4) is 0 Å². The van der Waals surface area contributed by atoms with E-state index in [0.29, 0.717) is 11.8 Å². The maximum Gasteiger partial charge on any atom is 0.124 e. The highest BCUT2D eigenvalue weighted by molar-refractivity contribution is 7.98. The monoisotopic (exact) mass is 370 g/mol. The van der Waals surface area contributed by atoms with Gasteiger partial charge in [-0.15, -0.1) is 11.8 Å². The number of hydrogen-bond acceptors (Lipinski definition) is 2. The molecule has 2 fully saturated rings. The van der Waals surface area contributed by atoms with Crippen LogP contribution in [0.5, 0.6) is 0 Å². The van der Waals surface area contributed by atoms with E-state index in [1.165, 1.54) is 18.4 Å². The minimum absolute atomic E-state index is 0.147. The van der Waals surface area contributed by atoms with Crippen molar-refractivity contribution in [2.45, 2.75) is 54.9 Å². The number of rotatable bonds is 6. The number of hydrogen-bond donors (Lipinski definition) is 0. The number of halogens is 1. The minimum Gasteiger partial charge on any atom is -0.370 e. The molecule has 0 spiro atoms. The zero-order valence-corrected chi connectivity index (χ0v) is 16.2. The van der Waals surface area contributed by atoms with Crippen LogP contribution < -0.4 is 0 Å². The Morgan fingerprint density at radius 2 is 1.77 bits per heavy atom. The van der Waals surface area contributed by atoms with Crippen molar-refractivity contribution < 1.29 is 9.13 Å². The van der Waals surface area contributed by atoms with Crippen LogP contribution in [0.25, 0.3) is 0 Å². The summed E-state index contributed by atoms with van der Waals surface area (Å²) < 4.78 is 20.8. The van der Waals surface area contributed by atoms with Crippen molar-refractivity contribution in [3.8, 4) is 0 Å². The van der Waals surface area contributed by atoms with Gasteiger partial charge in [-0.05, 0) is 85.9 Å². The van der Waals surface area contributed by atoms with E-state index < -0.39 is 0 Å². The third-order valence-corrected chi connectivity index (χ3v) is 6.70. The Balaban J connectivity index is 1.58. The van der Waals surface area contributed by atoms with Crippen LogP contribution in [0.1, 0.15) is 55.6 Å². The second-order valence-corrected chi connectivity index (χ2v) is 8.69. The summed E-state index contributed by atoms with van der Waals surface area (Å²) in [4.78, 5) is 0.986. The predicted molar refractivity (Wildman–Crippen MR) is 106 cm³/mol. The van der Waals surface area contributed by atoms with E-state index in [-0.39, 0.29) is 11.4 Å². The predicted octanol–water partition coefficient (Wildman–Crippen LogP) is 6.53. The van der Waals surface area contributed by atoms with Gasteiger partial charge in [0.2, 0.25) is 0 Å². The summed E-state index contributed by atoms with van der Waals surface area (Å²) in [7, 11) is 0. The summed E-state index contributed by atoms with van der Waals surface area (Å²) in [5.74, 6) is 1.15. The number of thioether (sulfide) groups is 1. The van der Waals surface area contributed by atoms with E-state index in [2.05, 4.69) is 36.4 Å². The highest BCUT2D eigenvalue weighted by Gasteiger charge is 2.40. The molecule has 0 heterocycles. The number of ether oxygens (including phenoxy) is 1. The fourth-order valence-electron chi connectivity index (χ4n) is 4.16. The van der Waals surface area contributed by atoms with Gasteiger partial charge in [-0.1, -0.05) is 30.3 Å². The van der Waals surface area contributed by atoms with Crippen molar-refractivity contribution in [3.05, 3.63) is 65.5 Å². The zero-order chi connectivity index (χ0) is 18.0. The van der Waals surface area contributed by atoms with E-state index in [4.69, 9.17) is 4.74 Å². The van der Waals surface area contributed by atoms with Crippen molar-refractivity contribution in [1.29, 1.82) is 0 Å². The van der Waals surface area contributed by atoms with Gasteiger partial charge in [0, 0.05) is 4.90 Å². The van der Waals surface area contributed by atoms with Crippen molar-refractivity contribution >= 4 is 11.8 Å². The van der Waals surface area contributed by atoms with Gasteiger partial charge < -0.3 is 4.74 Å². The molecule has 0 amide bonds. The van der Waals surface area contributed by atoms with Crippen LogP contribution in [0.4, 0.5) is 4.39 Å². The largest absolute Gasteiger partial charge is 0.370 e. The maximum absolute atomic E-state index is 14.2. The molecule has 2 aromatic carbocycles. The van der Waals surface area contributed by atoms with Gasteiger partial charge in [0.15, 0.2) is 0 Å². The Morgan fingerprint density at radius 3 is 2.42 bits per heavy atom. The normalized spacial score (nSPS) is 26.0. The summed E-state index contributed by atoms with van der Waals surface area (Å²) in [6.07, 6.45) is 8.69. The fraction of sp³-hybridized carbons (Fsp3) is 0.478. The molecule has 2 aliphatic carbocycles. The molecule has 26 heavy (non-hydrogen) atoms. The van der Waals surface area contributed by atoms with Gasteiger partial charge in [0.1, 0.15) is 5.82 Å². The molecule has 0 N–H and O–H groups in total. The van der Waals surface area contributed by atoms with Gasteiger partial charge in [-0.3, -0.25) is 0 Å². The maximum atomic E-state index is 14.2. The molecule has 0 unspecified atom stereocenters. The quantitative estimate of drug-likeness (QED) is 0.535. The molecule has 0 saturated heterocycles. The van der Waals surface area contributed by atoms with Crippen LogP contribution in [0, 0.1) is 11.7 Å². The van der Waals surface area contributed by atoms with Crippen molar-refractivity contribution in [2.24, 2.45) is 5.92 Å². The molecular weight excluding hydrogens is 343 g/mol. The van der Waals surface area contributed by atoms with Gasteiger partial charge in [0.25, 0.3) is 0 Å². The first-order chi connectivity index (χ1) is 12.7. The first-order valence-corrected chi connectivity index (χ1v) is 10.9. The molecule has 0 aliphatic heterocycles. The molecule has 3 heteroatoms. The molecule has 0 bridgehead atoms. The molecule has 4 rings (SSSR count). The Labute approximate surface area is 160 Å². The Morgan fingerprint density at radius 1 is 1.04 bits per heavy atom. The van der Waals surface area contributed by atoms with E-state index >= 15 is 0 Å². The smallest absolute Gasteiger partial charge is 0.124 e. The molecular formula is C23H27FOS. The highest BCUT2D eigenvalue weighted by Crippen LogP contribution is 2.47. The second kappa shape index (κ2) is 7.74. The van der Waals surface area contributed by atoms with Crippen LogP contribution in [0.2, 0.25) is 0 Å². The van der Waals surface area contributed by atoms with Gasteiger partial charge >= 0.3 is 0 Å². The van der Waals surface area contributed by atoms with Gasteiger partial charge in [-0.2, -0.15) is 0 Å². The van der Waals surface area contributed by atoms with Gasteiger partial charge in [-0.25, -0.2) is 4.39 Å². The summed E-state index contributed by atoms with van der Waals surface area (Å²) in [6.45, 7) is 0.821. The average molecular weight is 371 g/mol. The van der Waals surface area contributed by atoms with E-state index in [9.17, 15) is 4.39 Å². The van der Waals surface area contributed by atoms with Gasteiger partial charge in [0.05, 0.1) is 12.2 Å². The molecule has 1 nitrogen and oxygen atoms in total.